The average molecular weight is 311 g/mol. The lowest BCUT2D eigenvalue weighted by molar-refractivity contribution is -0.128. The summed E-state index contributed by atoms with van der Waals surface area (Å²) < 4.78 is 13.3. The van der Waals surface area contributed by atoms with Crippen LogP contribution in [0.5, 0.6) is 0 Å². The maximum Gasteiger partial charge on any atom is 0.254 e. The number of hydrogen-bond donors (Lipinski definition) is 0. The molecule has 21 heavy (non-hydrogen) atoms. The number of rotatable bonds is 2. The highest BCUT2D eigenvalue weighted by molar-refractivity contribution is 6.31. The van der Waals surface area contributed by atoms with E-state index in [1.54, 1.807) is 9.80 Å². The summed E-state index contributed by atoms with van der Waals surface area (Å²) >= 11 is 5.78. The summed E-state index contributed by atoms with van der Waals surface area (Å²) in [6, 6.07) is 3.61. The standard InChI is InChI=1S/C15H16ClFN2O2/c1-3-14(20)18-4-5-19(10(2)9-18)15(21)11-6-12(16)8-13(17)7-11/h3,6-8,10H,1,4-5,9H2,2H3/t10-/m0/s1. The Bertz CT molecular complexity index is 571. The van der Waals surface area contributed by atoms with Gasteiger partial charge in [0, 0.05) is 36.3 Å². The molecule has 0 radical (unpaired) electrons. The minimum Gasteiger partial charge on any atom is -0.335 e. The van der Waals surface area contributed by atoms with E-state index in [0.717, 1.165) is 6.07 Å². The number of carbonyl (C=O) groups excluding carboxylic acids is 2. The van der Waals surface area contributed by atoms with Gasteiger partial charge >= 0.3 is 0 Å². The van der Waals surface area contributed by atoms with E-state index in [4.69, 9.17) is 11.6 Å². The highest BCUT2D eigenvalue weighted by atomic mass is 35.5. The van der Waals surface area contributed by atoms with E-state index in [1.165, 1.54) is 18.2 Å². The summed E-state index contributed by atoms with van der Waals surface area (Å²) in [5, 5.41) is 0.187. The molecule has 0 bridgehead atoms. The zero-order valence-corrected chi connectivity index (χ0v) is 12.4. The lowest BCUT2D eigenvalue weighted by atomic mass is 10.1. The molecule has 112 valence electrons. The van der Waals surface area contributed by atoms with E-state index < -0.39 is 5.82 Å². The van der Waals surface area contributed by atoms with Crippen LogP contribution in [0.15, 0.2) is 30.9 Å². The van der Waals surface area contributed by atoms with Crippen LogP contribution in [0.1, 0.15) is 17.3 Å². The maximum absolute atomic E-state index is 13.3. The predicted molar refractivity (Wildman–Crippen MR) is 78.7 cm³/mol. The number of halogens is 2. The molecule has 0 aromatic heterocycles. The van der Waals surface area contributed by atoms with Gasteiger partial charge in [0.15, 0.2) is 0 Å². The van der Waals surface area contributed by atoms with Crippen molar-refractivity contribution in [3.63, 3.8) is 0 Å². The lowest BCUT2D eigenvalue weighted by Gasteiger charge is -2.39. The number of nitrogens with zero attached hydrogens (tertiary/aromatic N) is 2. The van der Waals surface area contributed by atoms with Crippen molar-refractivity contribution in [1.82, 2.24) is 9.80 Å². The molecule has 1 aliphatic heterocycles. The van der Waals surface area contributed by atoms with Crippen LogP contribution in [-0.2, 0) is 4.79 Å². The summed E-state index contributed by atoms with van der Waals surface area (Å²) in [4.78, 5) is 27.3. The van der Waals surface area contributed by atoms with Crippen molar-refractivity contribution >= 4 is 23.4 Å². The molecule has 1 aliphatic rings. The molecule has 1 fully saturated rings. The third-order valence-corrected chi connectivity index (χ3v) is 3.70. The molecule has 6 heteroatoms. The van der Waals surface area contributed by atoms with Crippen molar-refractivity contribution in [3.05, 3.63) is 47.3 Å². The summed E-state index contributed by atoms with van der Waals surface area (Å²) in [7, 11) is 0. The molecule has 0 aliphatic carbocycles. The molecule has 0 saturated carbocycles. The summed E-state index contributed by atoms with van der Waals surface area (Å²) in [5.41, 5.74) is 0.218. The minimum absolute atomic E-state index is 0.150. The van der Waals surface area contributed by atoms with Gasteiger partial charge in [-0.1, -0.05) is 18.2 Å². The molecule has 1 aromatic rings. The maximum atomic E-state index is 13.3. The molecular formula is C15H16ClFN2O2. The molecule has 4 nitrogen and oxygen atoms in total. The van der Waals surface area contributed by atoms with E-state index in [2.05, 4.69) is 6.58 Å². The fourth-order valence-electron chi connectivity index (χ4n) is 2.43. The van der Waals surface area contributed by atoms with Crippen LogP contribution >= 0.6 is 11.6 Å². The second kappa shape index (κ2) is 6.26. The summed E-state index contributed by atoms with van der Waals surface area (Å²) in [6.07, 6.45) is 1.26. The summed E-state index contributed by atoms with van der Waals surface area (Å²) in [5.74, 6) is -0.976. The Balaban J connectivity index is 2.14. The Labute approximate surface area is 127 Å². The van der Waals surface area contributed by atoms with E-state index in [0.29, 0.717) is 19.6 Å². The van der Waals surface area contributed by atoms with E-state index in [1.807, 2.05) is 6.92 Å². The van der Waals surface area contributed by atoms with Crippen molar-refractivity contribution in [1.29, 1.82) is 0 Å². The molecule has 1 aromatic carbocycles. The third-order valence-electron chi connectivity index (χ3n) is 3.48. The van der Waals surface area contributed by atoms with Crippen LogP contribution in [0.2, 0.25) is 5.02 Å². The zero-order chi connectivity index (χ0) is 15.6. The fraction of sp³-hybridized carbons (Fsp3) is 0.333. The van der Waals surface area contributed by atoms with Crippen LogP contribution in [0.3, 0.4) is 0 Å². The SMILES string of the molecule is C=CC(=O)N1CCN(C(=O)c2cc(F)cc(Cl)c2)[C@@H](C)C1. The second-order valence-electron chi connectivity index (χ2n) is 4.99. The van der Waals surface area contributed by atoms with E-state index >= 15 is 0 Å². The van der Waals surface area contributed by atoms with Gasteiger partial charge in [-0.05, 0) is 31.2 Å². The Kier molecular flexibility index (Phi) is 4.63. The van der Waals surface area contributed by atoms with Gasteiger partial charge in [0.25, 0.3) is 5.91 Å². The van der Waals surface area contributed by atoms with Crippen LogP contribution in [0.4, 0.5) is 4.39 Å². The number of hydrogen-bond acceptors (Lipinski definition) is 2. The van der Waals surface area contributed by atoms with Gasteiger partial charge < -0.3 is 9.80 Å². The monoisotopic (exact) mass is 310 g/mol. The highest BCUT2D eigenvalue weighted by Crippen LogP contribution is 2.19. The zero-order valence-electron chi connectivity index (χ0n) is 11.7. The molecule has 0 N–H and O–H groups in total. The highest BCUT2D eigenvalue weighted by Gasteiger charge is 2.29. The second-order valence-corrected chi connectivity index (χ2v) is 5.43. The first-order chi connectivity index (χ1) is 9.92. The molecular weight excluding hydrogens is 295 g/mol. The Morgan fingerprint density at radius 2 is 2.10 bits per heavy atom. The van der Waals surface area contributed by atoms with Crippen LogP contribution in [0, 0.1) is 5.82 Å². The van der Waals surface area contributed by atoms with Crippen LogP contribution in [-0.4, -0.2) is 47.3 Å². The van der Waals surface area contributed by atoms with E-state index in [9.17, 15) is 14.0 Å². The topological polar surface area (TPSA) is 40.6 Å². The number of benzene rings is 1. The third kappa shape index (κ3) is 3.42. The van der Waals surface area contributed by atoms with Crippen molar-refractivity contribution in [2.45, 2.75) is 13.0 Å². The largest absolute Gasteiger partial charge is 0.335 e. The number of amides is 2. The Hall–Kier alpha value is -1.88. The van der Waals surface area contributed by atoms with Crippen molar-refractivity contribution in [2.24, 2.45) is 0 Å². The van der Waals surface area contributed by atoms with E-state index in [-0.39, 0.29) is 28.4 Å². The number of piperazine rings is 1. The first kappa shape index (κ1) is 15.5. The molecule has 0 unspecified atom stereocenters. The summed E-state index contributed by atoms with van der Waals surface area (Å²) in [6.45, 7) is 6.56. The van der Waals surface area contributed by atoms with Crippen molar-refractivity contribution in [2.75, 3.05) is 19.6 Å². The van der Waals surface area contributed by atoms with Gasteiger partial charge in [0.1, 0.15) is 5.82 Å². The smallest absolute Gasteiger partial charge is 0.254 e. The fourth-order valence-corrected chi connectivity index (χ4v) is 2.65. The normalized spacial score (nSPS) is 18.5. The molecule has 1 atom stereocenters. The van der Waals surface area contributed by atoms with Gasteiger partial charge in [0.2, 0.25) is 5.91 Å². The molecule has 1 heterocycles. The average Bonchev–Trinajstić information content (AvgIpc) is 2.44. The quantitative estimate of drug-likeness (QED) is 0.787. The first-order valence-corrected chi connectivity index (χ1v) is 6.98. The van der Waals surface area contributed by atoms with Gasteiger partial charge in [-0.15, -0.1) is 0 Å². The molecule has 2 amide bonds. The predicted octanol–water partition coefficient (Wildman–Crippen LogP) is 2.34. The van der Waals surface area contributed by atoms with Crippen molar-refractivity contribution < 1.29 is 14.0 Å². The first-order valence-electron chi connectivity index (χ1n) is 6.60. The van der Waals surface area contributed by atoms with Crippen molar-refractivity contribution in [3.8, 4) is 0 Å². The minimum atomic E-state index is -0.543. The van der Waals surface area contributed by atoms with Gasteiger partial charge in [0.05, 0.1) is 0 Å². The molecule has 1 saturated heterocycles. The molecule has 2 rings (SSSR count). The lowest BCUT2D eigenvalue weighted by Crippen LogP contribution is -2.55. The van der Waals surface area contributed by atoms with Gasteiger partial charge in [-0.25, -0.2) is 4.39 Å². The Morgan fingerprint density at radius 1 is 1.38 bits per heavy atom. The van der Waals surface area contributed by atoms with Crippen LogP contribution < -0.4 is 0 Å². The van der Waals surface area contributed by atoms with Crippen LogP contribution in [0.25, 0.3) is 0 Å². The Morgan fingerprint density at radius 3 is 2.67 bits per heavy atom. The number of carbonyl (C=O) groups is 2. The van der Waals surface area contributed by atoms with Gasteiger partial charge in [-0.3, -0.25) is 9.59 Å². The van der Waals surface area contributed by atoms with Gasteiger partial charge in [-0.2, -0.15) is 0 Å². The molecule has 0 spiro atoms.